The largest absolute Gasteiger partial charge is 0.418 e. The fourth-order valence-electron chi connectivity index (χ4n) is 1.85. The first-order valence-electron chi connectivity index (χ1n) is 6.48. The highest BCUT2D eigenvalue weighted by Crippen LogP contribution is 2.36. The molecule has 1 aromatic heterocycles. The molecule has 120 valence electrons. The number of rotatable bonds is 3. The number of carbonyl (C=O) groups excluding carboxylic acids is 2. The van der Waals surface area contributed by atoms with E-state index in [4.69, 9.17) is 0 Å². The highest BCUT2D eigenvalue weighted by Gasteiger charge is 2.34. The molecule has 0 aliphatic carbocycles. The number of benzene rings is 1. The number of nitrogens with zero attached hydrogens (tertiary/aromatic N) is 1. The molecule has 0 atom stereocenters. The quantitative estimate of drug-likeness (QED) is 0.910. The van der Waals surface area contributed by atoms with Crippen LogP contribution in [0.2, 0.25) is 0 Å². The highest BCUT2D eigenvalue weighted by atomic mass is 19.4. The average molecular weight is 323 g/mol. The SMILES string of the molecule is CC(=O)Nc1ccc(NC(=O)c2ccccn2)c(C(F)(F)F)c1. The van der Waals surface area contributed by atoms with Crippen LogP contribution in [0.5, 0.6) is 0 Å². The number of hydrogen-bond acceptors (Lipinski definition) is 3. The maximum atomic E-state index is 13.1. The number of pyridine rings is 1. The van der Waals surface area contributed by atoms with Crippen LogP contribution in [0.1, 0.15) is 23.0 Å². The minimum absolute atomic E-state index is 0.00781. The number of alkyl halides is 3. The van der Waals surface area contributed by atoms with Crippen molar-refractivity contribution in [3.05, 3.63) is 53.9 Å². The van der Waals surface area contributed by atoms with Crippen LogP contribution in [0, 0.1) is 0 Å². The number of halogens is 3. The summed E-state index contributed by atoms with van der Waals surface area (Å²) in [5.74, 6) is -1.26. The number of hydrogen-bond donors (Lipinski definition) is 2. The molecular weight excluding hydrogens is 311 g/mol. The van der Waals surface area contributed by atoms with Gasteiger partial charge < -0.3 is 10.6 Å². The monoisotopic (exact) mass is 323 g/mol. The van der Waals surface area contributed by atoms with Gasteiger partial charge in [0.2, 0.25) is 5.91 Å². The lowest BCUT2D eigenvalue weighted by atomic mass is 10.1. The van der Waals surface area contributed by atoms with Gasteiger partial charge in [-0.1, -0.05) is 6.07 Å². The lowest BCUT2D eigenvalue weighted by molar-refractivity contribution is -0.137. The molecule has 8 heteroatoms. The Morgan fingerprint density at radius 1 is 1.09 bits per heavy atom. The molecule has 0 saturated heterocycles. The first kappa shape index (κ1) is 16.5. The van der Waals surface area contributed by atoms with Crippen LogP contribution in [0.4, 0.5) is 24.5 Å². The molecule has 1 aromatic carbocycles. The van der Waals surface area contributed by atoms with Gasteiger partial charge in [0, 0.05) is 18.8 Å². The van der Waals surface area contributed by atoms with Crippen molar-refractivity contribution in [2.45, 2.75) is 13.1 Å². The van der Waals surface area contributed by atoms with Crippen molar-refractivity contribution in [1.82, 2.24) is 4.98 Å². The van der Waals surface area contributed by atoms with E-state index < -0.39 is 29.2 Å². The van der Waals surface area contributed by atoms with Gasteiger partial charge in [0.15, 0.2) is 0 Å². The van der Waals surface area contributed by atoms with Crippen LogP contribution in [0.25, 0.3) is 0 Å². The van der Waals surface area contributed by atoms with E-state index in [0.717, 1.165) is 12.1 Å². The van der Waals surface area contributed by atoms with E-state index in [1.165, 1.54) is 25.3 Å². The molecule has 0 aliphatic rings. The number of carbonyl (C=O) groups is 2. The molecule has 23 heavy (non-hydrogen) atoms. The minimum Gasteiger partial charge on any atom is -0.326 e. The fraction of sp³-hybridized carbons (Fsp3) is 0.133. The van der Waals surface area contributed by atoms with Gasteiger partial charge in [-0.25, -0.2) is 0 Å². The first-order valence-corrected chi connectivity index (χ1v) is 6.48. The third kappa shape index (κ3) is 4.29. The van der Waals surface area contributed by atoms with Gasteiger partial charge in [0.25, 0.3) is 5.91 Å². The molecule has 2 aromatic rings. The van der Waals surface area contributed by atoms with Crippen molar-refractivity contribution in [3.63, 3.8) is 0 Å². The molecule has 0 fully saturated rings. The van der Waals surface area contributed by atoms with Crippen molar-refractivity contribution < 1.29 is 22.8 Å². The van der Waals surface area contributed by atoms with Gasteiger partial charge in [-0.05, 0) is 30.3 Å². The molecule has 5 nitrogen and oxygen atoms in total. The van der Waals surface area contributed by atoms with Crippen LogP contribution in [0.15, 0.2) is 42.6 Å². The van der Waals surface area contributed by atoms with Crippen LogP contribution < -0.4 is 10.6 Å². The maximum Gasteiger partial charge on any atom is 0.418 e. The Hall–Kier alpha value is -2.90. The Balaban J connectivity index is 2.34. The van der Waals surface area contributed by atoms with E-state index in [1.54, 1.807) is 12.1 Å². The van der Waals surface area contributed by atoms with Crippen LogP contribution in [-0.2, 0) is 11.0 Å². The lowest BCUT2D eigenvalue weighted by Gasteiger charge is -2.15. The van der Waals surface area contributed by atoms with Gasteiger partial charge in [0.05, 0.1) is 11.3 Å². The Kier molecular flexibility index (Phi) is 4.63. The number of nitrogens with one attached hydrogen (secondary N) is 2. The predicted octanol–water partition coefficient (Wildman–Crippen LogP) is 3.31. The van der Waals surface area contributed by atoms with Crippen LogP contribution in [0.3, 0.4) is 0 Å². The van der Waals surface area contributed by atoms with Gasteiger partial charge >= 0.3 is 6.18 Å². The third-order valence-electron chi connectivity index (χ3n) is 2.79. The molecule has 0 aliphatic heterocycles. The Morgan fingerprint density at radius 3 is 2.39 bits per heavy atom. The third-order valence-corrected chi connectivity index (χ3v) is 2.79. The molecular formula is C15H12F3N3O2. The van der Waals surface area contributed by atoms with E-state index >= 15 is 0 Å². The Morgan fingerprint density at radius 2 is 1.83 bits per heavy atom. The highest BCUT2D eigenvalue weighted by molar-refractivity contribution is 6.03. The lowest BCUT2D eigenvalue weighted by Crippen LogP contribution is -2.18. The molecule has 0 radical (unpaired) electrons. The topological polar surface area (TPSA) is 71.1 Å². The van der Waals surface area contributed by atoms with E-state index in [1.807, 2.05) is 0 Å². The fourth-order valence-corrected chi connectivity index (χ4v) is 1.85. The van der Waals surface area contributed by atoms with Crippen LogP contribution in [-0.4, -0.2) is 16.8 Å². The Labute approximate surface area is 129 Å². The van der Waals surface area contributed by atoms with Gasteiger partial charge in [0.1, 0.15) is 5.69 Å². The van der Waals surface area contributed by atoms with Crippen molar-refractivity contribution in [2.75, 3.05) is 10.6 Å². The molecule has 0 saturated carbocycles. The zero-order chi connectivity index (χ0) is 17.0. The number of anilines is 2. The summed E-state index contributed by atoms with van der Waals surface area (Å²) in [6, 6.07) is 7.62. The summed E-state index contributed by atoms with van der Waals surface area (Å²) in [6.07, 6.45) is -3.33. The van der Waals surface area contributed by atoms with Gasteiger partial charge in [-0.3, -0.25) is 14.6 Å². The standard InChI is InChI=1S/C15H12F3N3O2/c1-9(22)20-10-5-6-12(11(8-10)15(16,17)18)21-14(23)13-4-2-3-7-19-13/h2-8H,1H3,(H,20,22)(H,21,23). The summed E-state index contributed by atoms with van der Waals surface area (Å²) >= 11 is 0. The summed E-state index contributed by atoms with van der Waals surface area (Å²) in [4.78, 5) is 26.7. The van der Waals surface area contributed by atoms with Crippen molar-refractivity contribution in [3.8, 4) is 0 Å². The van der Waals surface area contributed by atoms with Crippen LogP contribution >= 0.6 is 0 Å². The second kappa shape index (κ2) is 6.47. The maximum absolute atomic E-state index is 13.1. The predicted molar refractivity (Wildman–Crippen MR) is 77.9 cm³/mol. The normalized spacial score (nSPS) is 11.0. The summed E-state index contributed by atoms with van der Waals surface area (Å²) in [5, 5.41) is 4.45. The summed E-state index contributed by atoms with van der Waals surface area (Å²) in [7, 11) is 0. The van der Waals surface area contributed by atoms with Crippen molar-refractivity contribution in [2.24, 2.45) is 0 Å². The minimum atomic E-state index is -4.69. The summed E-state index contributed by atoms with van der Waals surface area (Å²) in [5.41, 5.74) is -1.50. The molecule has 0 unspecified atom stereocenters. The second-order valence-corrected chi connectivity index (χ2v) is 4.61. The van der Waals surface area contributed by atoms with E-state index in [9.17, 15) is 22.8 Å². The zero-order valence-electron chi connectivity index (χ0n) is 11.9. The second-order valence-electron chi connectivity index (χ2n) is 4.61. The number of amides is 2. The van der Waals surface area contributed by atoms with Gasteiger partial charge in [-0.2, -0.15) is 13.2 Å². The molecule has 1 heterocycles. The van der Waals surface area contributed by atoms with Crippen molar-refractivity contribution >= 4 is 23.2 Å². The summed E-state index contributed by atoms with van der Waals surface area (Å²) in [6.45, 7) is 1.18. The molecule has 2 amide bonds. The average Bonchev–Trinajstić information content (AvgIpc) is 2.48. The number of aromatic nitrogens is 1. The first-order chi connectivity index (χ1) is 10.8. The molecule has 2 N–H and O–H groups in total. The van der Waals surface area contributed by atoms with Gasteiger partial charge in [-0.15, -0.1) is 0 Å². The smallest absolute Gasteiger partial charge is 0.326 e. The van der Waals surface area contributed by atoms with E-state index in [2.05, 4.69) is 15.6 Å². The van der Waals surface area contributed by atoms with E-state index in [-0.39, 0.29) is 11.4 Å². The van der Waals surface area contributed by atoms with Crippen molar-refractivity contribution in [1.29, 1.82) is 0 Å². The van der Waals surface area contributed by atoms with E-state index in [0.29, 0.717) is 0 Å². The molecule has 2 rings (SSSR count). The molecule has 0 spiro atoms. The zero-order valence-corrected chi connectivity index (χ0v) is 11.9. The summed E-state index contributed by atoms with van der Waals surface area (Å²) < 4.78 is 39.4. The Bertz CT molecular complexity index is 730. The molecule has 0 bridgehead atoms.